The molecule has 2 aromatic rings. The Kier molecular flexibility index (Phi) is 4.58. The molecule has 19 heavy (non-hydrogen) atoms. The fourth-order valence-electron chi connectivity index (χ4n) is 2.16. The number of benzene rings is 1. The second-order valence-corrected chi connectivity index (χ2v) is 4.79. The Bertz CT molecular complexity index is 505. The van der Waals surface area contributed by atoms with Crippen molar-refractivity contribution < 1.29 is 9.84 Å². The molecule has 1 N–H and O–H groups in total. The number of aromatic nitrogens is 2. The smallest absolute Gasteiger partial charge is 0.118 e. The van der Waals surface area contributed by atoms with Crippen molar-refractivity contribution in [1.29, 1.82) is 0 Å². The van der Waals surface area contributed by atoms with E-state index in [2.05, 4.69) is 5.10 Å². The van der Waals surface area contributed by atoms with Crippen LogP contribution in [0.5, 0.6) is 5.75 Å². The van der Waals surface area contributed by atoms with Gasteiger partial charge in [-0.25, -0.2) is 0 Å². The van der Waals surface area contributed by atoms with Crippen LogP contribution < -0.4 is 4.74 Å². The average Bonchev–Trinajstić information content (AvgIpc) is 2.84. The highest BCUT2D eigenvalue weighted by Gasteiger charge is 2.11. The van der Waals surface area contributed by atoms with Crippen molar-refractivity contribution in [1.82, 2.24) is 9.78 Å². The van der Waals surface area contributed by atoms with Crippen LogP contribution in [-0.2, 0) is 19.9 Å². The van der Waals surface area contributed by atoms with Crippen LogP contribution in [0.25, 0.3) is 0 Å². The lowest BCUT2D eigenvalue weighted by molar-refractivity contribution is 0.224. The number of hydrogen-bond donors (Lipinski definition) is 1. The number of nitrogens with zero attached hydrogens (tertiary/aromatic N) is 2. The molecule has 0 bridgehead atoms. The van der Waals surface area contributed by atoms with E-state index in [1.54, 1.807) is 11.8 Å². The predicted molar refractivity (Wildman–Crippen MR) is 74.2 cm³/mol. The molecule has 102 valence electrons. The fourth-order valence-corrected chi connectivity index (χ4v) is 2.16. The third-order valence-corrected chi connectivity index (χ3v) is 3.21. The Hall–Kier alpha value is -1.81. The van der Waals surface area contributed by atoms with Gasteiger partial charge in [-0.15, -0.1) is 0 Å². The number of rotatable bonds is 6. The lowest BCUT2D eigenvalue weighted by Gasteiger charge is -2.13. The minimum absolute atomic E-state index is 0.169. The average molecular weight is 260 g/mol. The molecule has 0 aliphatic carbocycles. The molecule has 0 saturated heterocycles. The quantitative estimate of drug-likeness (QED) is 0.862. The number of hydrogen-bond acceptors (Lipinski definition) is 3. The summed E-state index contributed by atoms with van der Waals surface area (Å²) < 4.78 is 6.93. The predicted octanol–water partition coefficient (Wildman–Crippen LogP) is 1.82. The zero-order valence-electron chi connectivity index (χ0n) is 11.4. The molecule has 1 aromatic heterocycles. The molecule has 0 spiro atoms. The summed E-state index contributed by atoms with van der Waals surface area (Å²) in [6.07, 6.45) is 3.57. The first-order valence-corrected chi connectivity index (χ1v) is 6.43. The Balaban J connectivity index is 1.97. The second kappa shape index (κ2) is 6.38. The Labute approximate surface area is 113 Å². The maximum Gasteiger partial charge on any atom is 0.118 e. The van der Waals surface area contributed by atoms with Crippen LogP contribution in [-0.4, -0.2) is 28.6 Å². The maximum absolute atomic E-state index is 9.50. The number of methoxy groups -OCH3 is 1. The lowest BCUT2D eigenvalue weighted by atomic mass is 9.95. The van der Waals surface area contributed by atoms with Crippen molar-refractivity contribution in [2.24, 2.45) is 13.0 Å². The van der Waals surface area contributed by atoms with Crippen LogP contribution in [0, 0.1) is 5.92 Å². The molecule has 0 aliphatic rings. The SMILES string of the molecule is COc1ccc(CC(CO)Cc2ccn(C)n2)cc1. The van der Waals surface area contributed by atoms with E-state index in [1.807, 2.05) is 43.6 Å². The van der Waals surface area contributed by atoms with Crippen LogP contribution in [0.2, 0.25) is 0 Å². The Morgan fingerprint density at radius 2 is 1.95 bits per heavy atom. The van der Waals surface area contributed by atoms with Crippen LogP contribution in [0.3, 0.4) is 0 Å². The summed E-state index contributed by atoms with van der Waals surface area (Å²) in [5.41, 5.74) is 2.23. The van der Waals surface area contributed by atoms with Gasteiger partial charge in [0, 0.05) is 19.9 Å². The van der Waals surface area contributed by atoms with Gasteiger partial charge >= 0.3 is 0 Å². The van der Waals surface area contributed by atoms with Crippen molar-refractivity contribution in [2.45, 2.75) is 12.8 Å². The number of aliphatic hydroxyl groups is 1. The summed E-state index contributed by atoms with van der Waals surface area (Å²) in [6, 6.07) is 9.98. The molecule has 2 rings (SSSR count). The van der Waals surface area contributed by atoms with Crippen molar-refractivity contribution >= 4 is 0 Å². The first-order valence-electron chi connectivity index (χ1n) is 6.43. The monoisotopic (exact) mass is 260 g/mol. The van der Waals surface area contributed by atoms with Gasteiger partial charge in [-0.3, -0.25) is 4.68 Å². The largest absolute Gasteiger partial charge is 0.497 e. The highest BCUT2D eigenvalue weighted by atomic mass is 16.5. The summed E-state index contributed by atoms with van der Waals surface area (Å²) >= 11 is 0. The van der Waals surface area contributed by atoms with Crippen LogP contribution in [0.4, 0.5) is 0 Å². The summed E-state index contributed by atoms with van der Waals surface area (Å²) in [4.78, 5) is 0. The number of aryl methyl sites for hydroxylation is 1. The molecule has 0 fully saturated rings. The van der Waals surface area contributed by atoms with E-state index in [1.165, 1.54) is 5.56 Å². The van der Waals surface area contributed by atoms with Gasteiger partial charge in [-0.05, 0) is 42.5 Å². The Morgan fingerprint density at radius 1 is 1.21 bits per heavy atom. The van der Waals surface area contributed by atoms with E-state index in [9.17, 15) is 5.11 Å². The van der Waals surface area contributed by atoms with Crippen molar-refractivity contribution in [3.8, 4) is 5.75 Å². The van der Waals surface area contributed by atoms with E-state index in [0.29, 0.717) is 0 Å². The number of aliphatic hydroxyl groups excluding tert-OH is 1. The van der Waals surface area contributed by atoms with E-state index in [-0.39, 0.29) is 12.5 Å². The van der Waals surface area contributed by atoms with Crippen molar-refractivity contribution in [3.05, 3.63) is 47.8 Å². The van der Waals surface area contributed by atoms with E-state index < -0.39 is 0 Å². The molecule has 0 amide bonds. The first-order chi connectivity index (χ1) is 9.21. The highest BCUT2D eigenvalue weighted by molar-refractivity contribution is 5.27. The molecule has 4 heteroatoms. The van der Waals surface area contributed by atoms with Crippen LogP contribution in [0.1, 0.15) is 11.3 Å². The van der Waals surface area contributed by atoms with Gasteiger partial charge in [-0.2, -0.15) is 5.10 Å². The van der Waals surface area contributed by atoms with Gasteiger partial charge in [0.25, 0.3) is 0 Å². The topological polar surface area (TPSA) is 47.3 Å². The summed E-state index contributed by atoms with van der Waals surface area (Å²) in [6.45, 7) is 0.169. The standard InChI is InChI=1S/C15H20N2O2/c1-17-8-7-14(16-17)10-13(11-18)9-12-3-5-15(19-2)6-4-12/h3-8,13,18H,9-11H2,1-2H3. The maximum atomic E-state index is 9.50. The molecule has 1 atom stereocenters. The molecule has 0 aliphatic heterocycles. The van der Waals surface area contributed by atoms with Gasteiger partial charge in [0.05, 0.1) is 12.8 Å². The van der Waals surface area contributed by atoms with E-state index in [4.69, 9.17) is 4.74 Å². The van der Waals surface area contributed by atoms with E-state index >= 15 is 0 Å². The van der Waals surface area contributed by atoms with Gasteiger partial charge in [0.1, 0.15) is 5.75 Å². The Morgan fingerprint density at radius 3 is 2.47 bits per heavy atom. The lowest BCUT2D eigenvalue weighted by Crippen LogP contribution is -2.13. The summed E-state index contributed by atoms with van der Waals surface area (Å²) in [5.74, 6) is 1.05. The van der Waals surface area contributed by atoms with E-state index in [0.717, 1.165) is 24.3 Å². The van der Waals surface area contributed by atoms with Gasteiger partial charge in [-0.1, -0.05) is 12.1 Å². The van der Waals surface area contributed by atoms with Crippen molar-refractivity contribution in [2.75, 3.05) is 13.7 Å². The zero-order chi connectivity index (χ0) is 13.7. The molecular formula is C15H20N2O2. The zero-order valence-corrected chi connectivity index (χ0v) is 11.4. The van der Waals surface area contributed by atoms with Crippen LogP contribution >= 0.6 is 0 Å². The van der Waals surface area contributed by atoms with Crippen LogP contribution in [0.15, 0.2) is 36.5 Å². The summed E-state index contributed by atoms with van der Waals surface area (Å²) in [7, 11) is 3.56. The highest BCUT2D eigenvalue weighted by Crippen LogP contribution is 2.16. The summed E-state index contributed by atoms with van der Waals surface area (Å²) in [5, 5.41) is 13.8. The second-order valence-electron chi connectivity index (χ2n) is 4.79. The normalized spacial score (nSPS) is 12.4. The molecule has 1 heterocycles. The minimum atomic E-state index is 0.169. The third-order valence-electron chi connectivity index (χ3n) is 3.21. The third kappa shape index (κ3) is 3.83. The van der Waals surface area contributed by atoms with Gasteiger partial charge in [0.15, 0.2) is 0 Å². The molecule has 0 saturated carbocycles. The molecular weight excluding hydrogens is 240 g/mol. The van der Waals surface area contributed by atoms with Crippen molar-refractivity contribution in [3.63, 3.8) is 0 Å². The van der Waals surface area contributed by atoms with Gasteiger partial charge in [0.2, 0.25) is 0 Å². The minimum Gasteiger partial charge on any atom is -0.497 e. The molecule has 0 radical (unpaired) electrons. The van der Waals surface area contributed by atoms with Gasteiger partial charge < -0.3 is 9.84 Å². The first kappa shape index (κ1) is 13.6. The fraction of sp³-hybridized carbons (Fsp3) is 0.400. The molecule has 1 aromatic carbocycles. The molecule has 1 unspecified atom stereocenters. The molecule has 4 nitrogen and oxygen atoms in total. The number of ether oxygens (including phenoxy) is 1.